The summed E-state index contributed by atoms with van der Waals surface area (Å²) < 4.78 is 45.2. The molecular formula is C24H29F3N4O2. The minimum atomic E-state index is -1.50. The number of nitrogens with zero attached hydrogens (tertiary/aromatic N) is 2. The Morgan fingerprint density at radius 2 is 1.91 bits per heavy atom. The molecule has 1 fully saturated rings. The summed E-state index contributed by atoms with van der Waals surface area (Å²) in [5.74, 6) is -3.14. The number of pyridine rings is 1. The van der Waals surface area contributed by atoms with E-state index in [1.165, 1.54) is 0 Å². The smallest absolute Gasteiger partial charge is 0.253 e. The van der Waals surface area contributed by atoms with Gasteiger partial charge in [0.05, 0.1) is 23.7 Å². The molecule has 2 N–H and O–H groups in total. The van der Waals surface area contributed by atoms with Gasteiger partial charge in [0.15, 0.2) is 17.5 Å². The molecule has 0 aliphatic heterocycles. The highest BCUT2D eigenvalue weighted by Gasteiger charge is 2.31. The number of carbonyl (C=O) groups is 1. The van der Waals surface area contributed by atoms with Crippen LogP contribution in [-0.4, -0.2) is 37.1 Å². The molecule has 178 valence electrons. The molecule has 1 amide bonds. The van der Waals surface area contributed by atoms with Crippen LogP contribution in [0.25, 0.3) is 0 Å². The molecule has 0 spiro atoms. The third-order valence-corrected chi connectivity index (χ3v) is 5.80. The van der Waals surface area contributed by atoms with Gasteiger partial charge in [0, 0.05) is 43.9 Å². The Bertz CT molecular complexity index is 1020. The fraction of sp³-hybridized carbons (Fsp3) is 0.417. The summed E-state index contributed by atoms with van der Waals surface area (Å²) >= 11 is 0. The zero-order valence-electron chi connectivity index (χ0n) is 19.2. The number of allylic oxidation sites excluding steroid dienone is 1. The summed E-state index contributed by atoms with van der Waals surface area (Å²) in [6, 6.07) is 3.57. The zero-order chi connectivity index (χ0) is 24.1. The van der Waals surface area contributed by atoms with E-state index in [9.17, 15) is 18.0 Å². The Labute approximate surface area is 191 Å². The lowest BCUT2D eigenvalue weighted by molar-refractivity contribution is -0.115. The van der Waals surface area contributed by atoms with Gasteiger partial charge in [-0.1, -0.05) is 6.08 Å². The second kappa shape index (κ2) is 10.6. The molecule has 1 aromatic heterocycles. The average molecular weight is 463 g/mol. The largest absolute Gasteiger partial charge is 0.490 e. The number of aromatic nitrogens is 1. The maximum Gasteiger partial charge on any atom is 0.253 e. The van der Waals surface area contributed by atoms with Crippen LogP contribution in [0.3, 0.4) is 0 Å². The Hall–Kier alpha value is -3.23. The summed E-state index contributed by atoms with van der Waals surface area (Å²) in [7, 11) is 1.79. The van der Waals surface area contributed by atoms with Crippen LogP contribution in [0.4, 0.5) is 30.4 Å². The first-order valence-corrected chi connectivity index (χ1v) is 10.9. The van der Waals surface area contributed by atoms with Crippen LogP contribution >= 0.6 is 0 Å². The molecule has 1 aliphatic carbocycles. The standard InChI is InChI=1S/C24H29F3N4O2/c1-5-14(3)24(32)31(6-2)21-13-30-22(11-20(21)28-4)29-12-15-7-16(8-15)33-17-9-18(25)23(27)19(26)10-17/h5,9-11,13,15-16H,6-8,12H2,1-4H3,(H2,28,29,30)/b14-5-. The lowest BCUT2D eigenvalue weighted by atomic mass is 9.82. The van der Waals surface area contributed by atoms with Gasteiger partial charge in [-0.05, 0) is 39.5 Å². The summed E-state index contributed by atoms with van der Waals surface area (Å²) in [5, 5.41) is 6.41. The van der Waals surface area contributed by atoms with Crippen LogP contribution in [0.15, 0.2) is 36.0 Å². The van der Waals surface area contributed by atoms with Gasteiger partial charge in [-0.25, -0.2) is 18.2 Å². The highest BCUT2D eigenvalue weighted by atomic mass is 19.2. The zero-order valence-corrected chi connectivity index (χ0v) is 19.2. The molecule has 0 bridgehead atoms. The van der Waals surface area contributed by atoms with Crippen molar-refractivity contribution in [3.05, 3.63) is 53.5 Å². The molecule has 6 nitrogen and oxygen atoms in total. The molecule has 1 heterocycles. The van der Waals surface area contributed by atoms with E-state index in [0.29, 0.717) is 48.9 Å². The normalized spacial score (nSPS) is 17.8. The Morgan fingerprint density at radius 1 is 1.24 bits per heavy atom. The summed E-state index contributed by atoms with van der Waals surface area (Å²) in [5.41, 5.74) is 2.14. The van der Waals surface area contributed by atoms with Crippen molar-refractivity contribution < 1.29 is 22.7 Å². The minimum Gasteiger partial charge on any atom is -0.490 e. The predicted octanol–water partition coefficient (Wildman–Crippen LogP) is 5.13. The van der Waals surface area contributed by atoms with Crippen LogP contribution in [0.5, 0.6) is 5.75 Å². The van der Waals surface area contributed by atoms with Crippen molar-refractivity contribution >= 4 is 23.1 Å². The van der Waals surface area contributed by atoms with E-state index in [1.54, 1.807) is 31.1 Å². The Morgan fingerprint density at radius 3 is 2.48 bits per heavy atom. The lowest BCUT2D eigenvalue weighted by Gasteiger charge is -2.35. The van der Waals surface area contributed by atoms with Crippen molar-refractivity contribution in [3.63, 3.8) is 0 Å². The number of halogens is 3. The maximum atomic E-state index is 13.3. The number of amides is 1. The number of anilines is 3. The molecule has 0 saturated heterocycles. The van der Waals surface area contributed by atoms with Crippen LogP contribution in [0.2, 0.25) is 0 Å². The molecule has 0 unspecified atom stereocenters. The molecule has 1 aliphatic rings. The topological polar surface area (TPSA) is 66.5 Å². The van der Waals surface area contributed by atoms with E-state index in [0.717, 1.165) is 17.8 Å². The molecular weight excluding hydrogens is 433 g/mol. The molecule has 2 aromatic rings. The lowest BCUT2D eigenvalue weighted by Crippen LogP contribution is -2.37. The first kappa shape index (κ1) is 24.4. The van der Waals surface area contributed by atoms with E-state index in [4.69, 9.17) is 4.74 Å². The van der Waals surface area contributed by atoms with Crippen LogP contribution in [0, 0.1) is 23.4 Å². The fourth-order valence-electron chi connectivity index (χ4n) is 3.70. The van der Waals surface area contributed by atoms with E-state index < -0.39 is 17.5 Å². The molecule has 0 radical (unpaired) electrons. The number of hydrogen-bond acceptors (Lipinski definition) is 5. The van der Waals surface area contributed by atoms with Crippen molar-refractivity contribution in [2.45, 2.75) is 39.7 Å². The minimum absolute atomic E-state index is 0.0121. The van der Waals surface area contributed by atoms with Gasteiger partial charge in [-0.3, -0.25) is 4.79 Å². The highest BCUT2D eigenvalue weighted by Crippen LogP contribution is 2.33. The third kappa shape index (κ3) is 5.58. The predicted molar refractivity (Wildman–Crippen MR) is 123 cm³/mol. The first-order valence-electron chi connectivity index (χ1n) is 10.9. The van der Waals surface area contributed by atoms with Crippen molar-refractivity contribution in [2.75, 3.05) is 35.7 Å². The van der Waals surface area contributed by atoms with E-state index in [2.05, 4.69) is 15.6 Å². The van der Waals surface area contributed by atoms with E-state index in [-0.39, 0.29) is 17.8 Å². The Balaban J connectivity index is 1.56. The van der Waals surface area contributed by atoms with Crippen molar-refractivity contribution in [2.24, 2.45) is 5.92 Å². The van der Waals surface area contributed by atoms with Gasteiger partial charge >= 0.3 is 0 Å². The molecule has 33 heavy (non-hydrogen) atoms. The van der Waals surface area contributed by atoms with Gasteiger partial charge in [0.25, 0.3) is 5.91 Å². The number of likely N-dealkylation sites (N-methyl/N-ethyl adjacent to an activating group) is 1. The summed E-state index contributed by atoms with van der Waals surface area (Å²) in [6.45, 7) is 6.69. The van der Waals surface area contributed by atoms with Gasteiger partial charge < -0.3 is 20.3 Å². The summed E-state index contributed by atoms with van der Waals surface area (Å²) in [4.78, 5) is 18.8. The van der Waals surface area contributed by atoms with Gasteiger partial charge in [-0.2, -0.15) is 0 Å². The first-order chi connectivity index (χ1) is 15.8. The second-order valence-corrected chi connectivity index (χ2v) is 8.02. The van der Waals surface area contributed by atoms with Crippen LogP contribution < -0.4 is 20.3 Å². The number of benzene rings is 1. The fourth-order valence-corrected chi connectivity index (χ4v) is 3.70. The molecule has 3 rings (SSSR count). The number of hydrogen-bond donors (Lipinski definition) is 2. The molecule has 1 saturated carbocycles. The third-order valence-electron chi connectivity index (χ3n) is 5.80. The van der Waals surface area contributed by atoms with Crippen molar-refractivity contribution in [3.8, 4) is 5.75 Å². The average Bonchev–Trinajstić information content (AvgIpc) is 2.78. The quantitative estimate of drug-likeness (QED) is 0.400. The van der Waals surface area contributed by atoms with E-state index in [1.807, 2.05) is 19.9 Å². The molecule has 9 heteroatoms. The number of carbonyl (C=O) groups excluding carboxylic acids is 1. The summed E-state index contributed by atoms with van der Waals surface area (Å²) in [6.07, 6.45) is 4.68. The number of rotatable bonds is 9. The number of ether oxygens (including phenoxy) is 1. The van der Waals surface area contributed by atoms with Gasteiger partial charge in [-0.15, -0.1) is 0 Å². The molecule has 1 aromatic carbocycles. The monoisotopic (exact) mass is 462 g/mol. The van der Waals surface area contributed by atoms with Gasteiger partial charge in [0.2, 0.25) is 0 Å². The maximum absolute atomic E-state index is 13.3. The number of nitrogens with one attached hydrogen (secondary N) is 2. The van der Waals surface area contributed by atoms with Crippen LogP contribution in [-0.2, 0) is 4.79 Å². The van der Waals surface area contributed by atoms with Crippen LogP contribution in [0.1, 0.15) is 33.6 Å². The highest BCUT2D eigenvalue weighted by molar-refractivity contribution is 6.06. The second-order valence-electron chi connectivity index (χ2n) is 8.02. The van der Waals surface area contributed by atoms with Crippen molar-refractivity contribution in [1.29, 1.82) is 0 Å². The Kier molecular flexibility index (Phi) is 7.84. The van der Waals surface area contributed by atoms with E-state index >= 15 is 0 Å². The van der Waals surface area contributed by atoms with Gasteiger partial charge in [0.1, 0.15) is 11.6 Å². The molecule has 0 atom stereocenters. The SMILES string of the molecule is C/C=C(/C)C(=O)N(CC)c1cnc(NCC2CC(Oc3cc(F)c(F)c(F)c3)C2)cc1NC. The van der Waals surface area contributed by atoms with Crippen molar-refractivity contribution in [1.82, 2.24) is 4.98 Å².